The molecule has 0 rings (SSSR count). The maximum absolute atomic E-state index is 14.0. The predicted octanol–water partition coefficient (Wildman–Crippen LogP) is 13.8. The number of aliphatic hydroxyl groups excluding tert-OH is 1. The molecule has 2 atom stereocenters. The van der Waals surface area contributed by atoms with Gasteiger partial charge in [-0.25, -0.2) is 8.78 Å². The summed E-state index contributed by atoms with van der Waals surface area (Å²) >= 11 is 4.34. The van der Waals surface area contributed by atoms with Crippen LogP contribution in [0.25, 0.3) is 0 Å². The summed E-state index contributed by atoms with van der Waals surface area (Å²) in [7, 11) is 0. The second kappa shape index (κ2) is 36.3. The van der Waals surface area contributed by atoms with Crippen LogP contribution in [-0.4, -0.2) is 65.2 Å². The highest BCUT2D eigenvalue weighted by atomic mass is 32.2. The van der Waals surface area contributed by atoms with Crippen molar-refractivity contribution >= 4 is 23.5 Å². The van der Waals surface area contributed by atoms with Crippen molar-refractivity contribution in [1.82, 2.24) is 4.90 Å². The van der Waals surface area contributed by atoms with E-state index < -0.39 is 12.5 Å². The van der Waals surface area contributed by atoms with Crippen LogP contribution in [0.3, 0.4) is 0 Å². The number of halogens is 2. The fourth-order valence-corrected chi connectivity index (χ4v) is 9.12. The molecule has 284 valence electrons. The fourth-order valence-electron chi connectivity index (χ4n) is 6.50. The van der Waals surface area contributed by atoms with E-state index in [2.05, 4.69) is 51.2 Å². The van der Waals surface area contributed by atoms with Crippen LogP contribution >= 0.6 is 23.5 Å². The molecule has 0 aromatic rings. The maximum atomic E-state index is 14.0. The molecule has 0 heterocycles. The molecule has 6 heteroatoms. The van der Waals surface area contributed by atoms with Gasteiger partial charge in [-0.2, -0.15) is 23.5 Å². The minimum atomic E-state index is -2.99. The van der Waals surface area contributed by atoms with Crippen molar-refractivity contribution in [3.05, 3.63) is 0 Å². The summed E-state index contributed by atoms with van der Waals surface area (Å²) < 4.78 is 28.0. The third-order valence-corrected chi connectivity index (χ3v) is 12.6. The lowest BCUT2D eigenvalue weighted by Crippen LogP contribution is -2.40. The van der Waals surface area contributed by atoms with Gasteiger partial charge in [0.25, 0.3) is 5.92 Å². The molecule has 2 nitrogen and oxygen atoms in total. The first-order valence-electron chi connectivity index (χ1n) is 20.8. The molecule has 0 radical (unpaired) electrons. The molecule has 0 aliphatic heterocycles. The lowest BCUT2D eigenvalue weighted by molar-refractivity contribution is -0.0731. The van der Waals surface area contributed by atoms with Crippen LogP contribution in [-0.2, 0) is 0 Å². The summed E-state index contributed by atoms with van der Waals surface area (Å²) in [6, 6.07) is 0. The average molecular weight is 708 g/mol. The Morgan fingerprint density at radius 1 is 0.511 bits per heavy atom. The Bertz CT molecular complexity index is 570. The molecule has 1 N–H and O–H groups in total. The van der Waals surface area contributed by atoms with Crippen LogP contribution in [0, 0.1) is 11.8 Å². The van der Waals surface area contributed by atoms with Gasteiger partial charge in [-0.1, -0.05) is 156 Å². The number of hydrogen-bond donors (Lipinski definition) is 1. The van der Waals surface area contributed by atoms with Crippen molar-refractivity contribution in [3.8, 4) is 0 Å². The smallest absolute Gasteiger partial charge is 0.283 e. The van der Waals surface area contributed by atoms with Gasteiger partial charge >= 0.3 is 0 Å². The van der Waals surface area contributed by atoms with Gasteiger partial charge in [-0.05, 0) is 86.5 Å². The van der Waals surface area contributed by atoms with E-state index in [1.165, 1.54) is 164 Å². The van der Waals surface area contributed by atoms with E-state index in [9.17, 15) is 8.78 Å². The number of hydrogen-bond acceptors (Lipinski definition) is 4. The summed E-state index contributed by atoms with van der Waals surface area (Å²) in [6.07, 6.45) is 33.6. The molecule has 0 bridgehead atoms. The van der Waals surface area contributed by atoms with E-state index >= 15 is 0 Å². The first-order valence-corrected chi connectivity index (χ1v) is 23.1. The molecule has 0 aliphatic rings. The summed E-state index contributed by atoms with van der Waals surface area (Å²) in [4.78, 5) is 1.92. The van der Waals surface area contributed by atoms with E-state index in [-0.39, 0.29) is 6.54 Å². The number of rotatable bonds is 39. The summed E-state index contributed by atoms with van der Waals surface area (Å²) in [5.74, 6) is 4.21. The topological polar surface area (TPSA) is 23.5 Å². The molecule has 0 fully saturated rings. The number of thioether (sulfide) groups is 2. The molecule has 0 aliphatic carbocycles. The summed E-state index contributed by atoms with van der Waals surface area (Å²) in [5.41, 5.74) is 0. The Morgan fingerprint density at radius 3 is 1.17 bits per heavy atom. The van der Waals surface area contributed by atoms with Crippen molar-refractivity contribution in [2.24, 2.45) is 11.8 Å². The Labute approximate surface area is 302 Å². The number of nitrogens with zero attached hydrogens (tertiary/aromatic N) is 1. The van der Waals surface area contributed by atoms with Crippen LogP contribution in [0.15, 0.2) is 0 Å². The molecular formula is C41H83F2NOS2. The maximum Gasteiger partial charge on any atom is 0.283 e. The summed E-state index contributed by atoms with van der Waals surface area (Å²) in [5, 5.41) is 9.13. The minimum absolute atomic E-state index is 0.296. The first kappa shape index (κ1) is 47.5. The Hall–Kier alpha value is 0.480. The predicted molar refractivity (Wildman–Crippen MR) is 213 cm³/mol. The zero-order valence-corrected chi connectivity index (χ0v) is 33.8. The van der Waals surface area contributed by atoms with Crippen LogP contribution in [0.1, 0.15) is 195 Å². The number of unbranched alkanes of at least 4 members (excludes halogenated alkanes) is 18. The first-order chi connectivity index (χ1) is 22.9. The summed E-state index contributed by atoms with van der Waals surface area (Å²) in [6.45, 7) is 9.40. The van der Waals surface area contributed by atoms with Crippen LogP contribution < -0.4 is 0 Å². The second-order valence-electron chi connectivity index (χ2n) is 14.6. The van der Waals surface area contributed by atoms with Gasteiger partial charge in [0, 0.05) is 0 Å². The van der Waals surface area contributed by atoms with Crippen molar-refractivity contribution in [3.63, 3.8) is 0 Å². The molecule has 2 unspecified atom stereocenters. The van der Waals surface area contributed by atoms with Crippen LogP contribution in [0.2, 0.25) is 0 Å². The standard InChI is InChI=1S/C41H83F2NOS2/c1-5-9-29-39(7-3)35-46-33-27-23-19-15-11-13-17-21-25-31-44(37-41(42,43)38-45)32-26-22-18-14-12-16-20-24-28-34-47-36-40(8-4)30-10-6-2/h39-40,45H,5-38H2,1-4H3. The molecule has 0 amide bonds. The Kier molecular flexibility index (Phi) is 36.6. The Morgan fingerprint density at radius 2 is 0.851 bits per heavy atom. The molecule has 0 aromatic heterocycles. The van der Waals surface area contributed by atoms with Gasteiger partial charge in [0.1, 0.15) is 6.61 Å². The molecule has 0 saturated carbocycles. The monoisotopic (exact) mass is 708 g/mol. The van der Waals surface area contributed by atoms with Crippen molar-refractivity contribution in [1.29, 1.82) is 0 Å². The quantitative estimate of drug-likeness (QED) is 0.0643. The third kappa shape index (κ3) is 33.4. The SMILES string of the molecule is CCCCC(CC)CSCCCCCCCCCCCN(CCCCCCCCCCCSCC(CC)CCCC)CC(F)(F)CO. The fraction of sp³-hybridized carbons (Fsp3) is 1.00. The highest BCUT2D eigenvalue weighted by molar-refractivity contribution is 7.99. The minimum Gasteiger partial charge on any atom is -0.390 e. The van der Waals surface area contributed by atoms with E-state index in [0.29, 0.717) is 0 Å². The molecular weight excluding hydrogens is 625 g/mol. The van der Waals surface area contributed by atoms with E-state index in [4.69, 9.17) is 5.11 Å². The van der Waals surface area contributed by atoms with Gasteiger partial charge in [-0.3, -0.25) is 4.90 Å². The zero-order chi connectivity index (χ0) is 34.7. The van der Waals surface area contributed by atoms with Gasteiger partial charge in [-0.15, -0.1) is 0 Å². The van der Waals surface area contributed by atoms with Crippen LogP contribution in [0.4, 0.5) is 8.78 Å². The second-order valence-corrected chi connectivity index (χ2v) is 16.9. The average Bonchev–Trinajstić information content (AvgIpc) is 3.07. The largest absolute Gasteiger partial charge is 0.390 e. The molecule has 0 aromatic carbocycles. The van der Waals surface area contributed by atoms with Gasteiger partial charge in [0.05, 0.1) is 6.54 Å². The lowest BCUT2D eigenvalue weighted by atomic mass is 10.0. The number of alkyl halides is 2. The van der Waals surface area contributed by atoms with Crippen molar-refractivity contribution < 1.29 is 13.9 Å². The number of aliphatic hydroxyl groups is 1. The lowest BCUT2D eigenvalue weighted by Gasteiger charge is -2.26. The van der Waals surface area contributed by atoms with E-state index in [0.717, 1.165) is 50.6 Å². The Balaban J connectivity index is 3.77. The van der Waals surface area contributed by atoms with Crippen molar-refractivity contribution in [2.45, 2.75) is 201 Å². The van der Waals surface area contributed by atoms with Gasteiger partial charge in [0.15, 0.2) is 0 Å². The zero-order valence-electron chi connectivity index (χ0n) is 32.2. The molecule has 47 heavy (non-hydrogen) atoms. The third-order valence-electron chi connectivity index (χ3n) is 10.0. The van der Waals surface area contributed by atoms with E-state index in [1.54, 1.807) is 0 Å². The van der Waals surface area contributed by atoms with Crippen LogP contribution in [0.5, 0.6) is 0 Å². The highest BCUT2D eigenvalue weighted by Gasteiger charge is 2.30. The highest BCUT2D eigenvalue weighted by Crippen LogP contribution is 2.22. The normalized spacial score (nSPS) is 13.5. The van der Waals surface area contributed by atoms with Gasteiger partial charge < -0.3 is 5.11 Å². The van der Waals surface area contributed by atoms with Gasteiger partial charge in [0.2, 0.25) is 0 Å². The van der Waals surface area contributed by atoms with Crippen molar-refractivity contribution in [2.75, 3.05) is 49.3 Å². The molecule has 0 saturated heterocycles. The molecule has 0 spiro atoms. The van der Waals surface area contributed by atoms with E-state index in [1.807, 2.05) is 4.90 Å².